The summed E-state index contributed by atoms with van der Waals surface area (Å²) in [7, 11) is 2.88. The Morgan fingerprint density at radius 3 is 2.39 bits per heavy atom. The van der Waals surface area contributed by atoms with E-state index in [-0.39, 0.29) is 29.4 Å². The molecule has 1 aliphatic heterocycles. The lowest BCUT2D eigenvalue weighted by molar-refractivity contribution is -0.385. The molecule has 0 atom stereocenters. The molecule has 2 aromatic carbocycles. The summed E-state index contributed by atoms with van der Waals surface area (Å²) < 4.78 is 25.4. The molecule has 0 N–H and O–H groups in total. The summed E-state index contributed by atoms with van der Waals surface area (Å²) in [6, 6.07) is 6.70. The van der Waals surface area contributed by atoms with E-state index in [9.17, 15) is 19.7 Å². The van der Waals surface area contributed by atoms with Crippen molar-refractivity contribution in [2.45, 2.75) is 0 Å². The Morgan fingerprint density at radius 2 is 1.75 bits per heavy atom. The number of carbonyl (C=O) groups is 2. The van der Waals surface area contributed by atoms with E-state index in [0.29, 0.717) is 11.5 Å². The van der Waals surface area contributed by atoms with Crippen LogP contribution in [0.3, 0.4) is 0 Å². The minimum absolute atomic E-state index is 0.108. The van der Waals surface area contributed by atoms with Crippen molar-refractivity contribution >= 4 is 17.4 Å². The second-order valence-corrected chi connectivity index (χ2v) is 5.55. The third-order valence-corrected chi connectivity index (χ3v) is 3.95. The maximum Gasteiger partial charge on any atom is 0.345 e. The number of benzene rings is 2. The zero-order valence-corrected chi connectivity index (χ0v) is 14.9. The summed E-state index contributed by atoms with van der Waals surface area (Å²) in [6.45, 7) is -0.720. The first-order valence-corrected chi connectivity index (χ1v) is 7.95. The number of methoxy groups -OCH3 is 2. The van der Waals surface area contributed by atoms with Crippen LogP contribution in [0.5, 0.6) is 23.0 Å². The number of fused-ring (bicyclic) bond motifs is 1. The Labute approximate surface area is 158 Å². The zero-order valence-electron chi connectivity index (χ0n) is 14.9. The fourth-order valence-corrected chi connectivity index (χ4v) is 2.55. The summed E-state index contributed by atoms with van der Waals surface area (Å²) in [5, 5.41) is 11.2. The van der Waals surface area contributed by atoms with Gasteiger partial charge in [-0.1, -0.05) is 0 Å². The van der Waals surface area contributed by atoms with E-state index >= 15 is 0 Å². The predicted molar refractivity (Wildman–Crippen MR) is 93.4 cm³/mol. The van der Waals surface area contributed by atoms with Crippen LogP contribution < -0.4 is 18.9 Å². The minimum Gasteiger partial charge on any atom is -0.493 e. The van der Waals surface area contributed by atoms with E-state index in [1.807, 2.05) is 0 Å². The normalized spacial score (nSPS) is 11.6. The standard InChI is InChI=1S/C18H15NO9/c1-24-14-4-3-10(5-15(14)25-2)13(20)8-26-18(21)11-6-16-17(28-9-27-16)7-12(11)19(22)23/h3-7H,8-9H2,1-2H3. The number of carbonyl (C=O) groups excluding carboxylic acids is 2. The van der Waals surface area contributed by atoms with Crippen LogP contribution in [0.1, 0.15) is 20.7 Å². The van der Waals surface area contributed by atoms with Gasteiger partial charge in [-0.25, -0.2) is 4.79 Å². The molecule has 10 heteroatoms. The van der Waals surface area contributed by atoms with Gasteiger partial charge in [0, 0.05) is 11.6 Å². The van der Waals surface area contributed by atoms with Gasteiger partial charge in [0.05, 0.1) is 25.2 Å². The molecule has 2 aromatic rings. The van der Waals surface area contributed by atoms with Crippen LogP contribution in [0.15, 0.2) is 30.3 Å². The van der Waals surface area contributed by atoms with Crippen LogP contribution >= 0.6 is 0 Å². The number of ether oxygens (including phenoxy) is 5. The predicted octanol–water partition coefficient (Wildman–Crippen LogP) is 2.38. The van der Waals surface area contributed by atoms with E-state index in [0.717, 1.165) is 12.1 Å². The Hall–Kier alpha value is -3.82. The monoisotopic (exact) mass is 389 g/mol. The molecule has 28 heavy (non-hydrogen) atoms. The van der Waals surface area contributed by atoms with Crippen LogP contribution in [0.25, 0.3) is 0 Å². The second-order valence-electron chi connectivity index (χ2n) is 5.55. The molecule has 0 bridgehead atoms. The molecule has 0 amide bonds. The maximum atomic E-state index is 12.3. The quantitative estimate of drug-likeness (QED) is 0.304. The van der Waals surface area contributed by atoms with Gasteiger partial charge in [-0.3, -0.25) is 14.9 Å². The van der Waals surface area contributed by atoms with Gasteiger partial charge in [0.15, 0.2) is 35.4 Å². The molecule has 3 rings (SSSR count). The Balaban J connectivity index is 1.76. The molecule has 0 aliphatic carbocycles. The molecular weight excluding hydrogens is 374 g/mol. The van der Waals surface area contributed by atoms with Crippen molar-refractivity contribution < 1.29 is 38.2 Å². The van der Waals surface area contributed by atoms with Crippen molar-refractivity contribution in [2.24, 2.45) is 0 Å². The first-order chi connectivity index (χ1) is 13.4. The average molecular weight is 389 g/mol. The number of nitrogens with zero attached hydrogens (tertiary/aromatic N) is 1. The number of hydrogen-bond acceptors (Lipinski definition) is 9. The number of ketones is 1. The van der Waals surface area contributed by atoms with E-state index in [4.69, 9.17) is 23.7 Å². The van der Waals surface area contributed by atoms with Crippen molar-refractivity contribution in [3.8, 4) is 23.0 Å². The van der Waals surface area contributed by atoms with E-state index in [2.05, 4.69) is 0 Å². The lowest BCUT2D eigenvalue weighted by atomic mass is 10.1. The summed E-state index contributed by atoms with van der Waals surface area (Å²) >= 11 is 0. The summed E-state index contributed by atoms with van der Waals surface area (Å²) in [5.41, 5.74) is -0.618. The van der Waals surface area contributed by atoms with Crippen molar-refractivity contribution in [2.75, 3.05) is 27.6 Å². The minimum atomic E-state index is -1.03. The highest BCUT2D eigenvalue weighted by atomic mass is 16.7. The van der Waals surface area contributed by atoms with Gasteiger partial charge in [-0.15, -0.1) is 0 Å². The van der Waals surface area contributed by atoms with Crippen LogP contribution in [0.2, 0.25) is 0 Å². The Morgan fingerprint density at radius 1 is 1.07 bits per heavy atom. The van der Waals surface area contributed by atoms with Crippen LogP contribution in [0.4, 0.5) is 5.69 Å². The van der Waals surface area contributed by atoms with Gasteiger partial charge < -0.3 is 23.7 Å². The summed E-state index contributed by atoms with van der Waals surface area (Å²) in [4.78, 5) is 35.1. The van der Waals surface area contributed by atoms with Gasteiger partial charge in [0.25, 0.3) is 5.69 Å². The molecule has 0 radical (unpaired) electrons. The fourth-order valence-electron chi connectivity index (χ4n) is 2.55. The summed E-state index contributed by atoms with van der Waals surface area (Å²) in [5.74, 6) is -0.428. The highest BCUT2D eigenvalue weighted by Gasteiger charge is 2.28. The third-order valence-electron chi connectivity index (χ3n) is 3.95. The summed E-state index contributed by atoms with van der Waals surface area (Å²) in [6.07, 6.45) is 0. The lowest BCUT2D eigenvalue weighted by Gasteiger charge is -2.09. The first kappa shape index (κ1) is 19.0. The molecule has 146 valence electrons. The number of nitro benzene ring substituents is 1. The highest BCUT2D eigenvalue weighted by molar-refractivity contribution is 6.01. The molecule has 0 saturated carbocycles. The van der Waals surface area contributed by atoms with Gasteiger partial charge in [-0.2, -0.15) is 0 Å². The van der Waals surface area contributed by atoms with Crippen LogP contribution in [-0.2, 0) is 4.74 Å². The van der Waals surface area contributed by atoms with Crippen molar-refractivity contribution in [3.63, 3.8) is 0 Å². The zero-order chi connectivity index (χ0) is 20.3. The van der Waals surface area contributed by atoms with Crippen molar-refractivity contribution in [3.05, 3.63) is 51.6 Å². The second kappa shape index (κ2) is 7.82. The number of Topliss-reactive ketones (excluding diaryl/α,β-unsaturated/α-hetero) is 1. The SMILES string of the molecule is COc1ccc(C(=O)COC(=O)c2cc3c(cc2[N+](=O)[O-])OCO3)cc1OC. The fraction of sp³-hybridized carbons (Fsp3) is 0.222. The third kappa shape index (κ3) is 3.65. The number of hydrogen-bond donors (Lipinski definition) is 0. The number of esters is 1. The van der Waals surface area contributed by atoms with E-state index < -0.39 is 29.0 Å². The number of rotatable bonds is 7. The topological polar surface area (TPSA) is 123 Å². The Bertz CT molecular complexity index is 954. The molecule has 0 unspecified atom stereocenters. The molecule has 10 nitrogen and oxygen atoms in total. The molecule has 1 aliphatic rings. The largest absolute Gasteiger partial charge is 0.493 e. The van der Waals surface area contributed by atoms with Crippen LogP contribution in [0, 0.1) is 10.1 Å². The first-order valence-electron chi connectivity index (χ1n) is 7.95. The van der Waals surface area contributed by atoms with Crippen LogP contribution in [-0.4, -0.2) is 44.3 Å². The molecule has 0 fully saturated rings. The van der Waals surface area contributed by atoms with E-state index in [1.54, 1.807) is 0 Å². The molecule has 0 spiro atoms. The van der Waals surface area contributed by atoms with Gasteiger partial charge >= 0.3 is 5.97 Å². The molecule has 1 heterocycles. The number of nitro groups is 1. The smallest absolute Gasteiger partial charge is 0.345 e. The maximum absolute atomic E-state index is 12.3. The molecular formula is C18H15NO9. The van der Waals surface area contributed by atoms with Crippen molar-refractivity contribution in [1.29, 1.82) is 0 Å². The highest BCUT2D eigenvalue weighted by Crippen LogP contribution is 2.38. The van der Waals surface area contributed by atoms with Gasteiger partial charge in [0.2, 0.25) is 6.79 Å². The van der Waals surface area contributed by atoms with E-state index in [1.165, 1.54) is 32.4 Å². The van der Waals surface area contributed by atoms with Crippen molar-refractivity contribution in [1.82, 2.24) is 0 Å². The van der Waals surface area contributed by atoms with Gasteiger partial charge in [0.1, 0.15) is 5.56 Å². The lowest BCUT2D eigenvalue weighted by Crippen LogP contribution is -2.15. The Kier molecular flexibility index (Phi) is 5.30. The molecule has 0 saturated heterocycles. The van der Waals surface area contributed by atoms with Gasteiger partial charge in [-0.05, 0) is 18.2 Å². The molecule has 0 aromatic heterocycles. The average Bonchev–Trinajstić information content (AvgIpc) is 3.17.